The summed E-state index contributed by atoms with van der Waals surface area (Å²) in [6, 6.07) is 5.47. The first kappa shape index (κ1) is 13.6. The smallest absolute Gasteiger partial charge is 0.152 e. The van der Waals surface area contributed by atoms with Crippen LogP contribution in [0.4, 0.5) is 5.82 Å². The van der Waals surface area contributed by atoms with Crippen molar-refractivity contribution in [1.29, 1.82) is 0 Å². The van der Waals surface area contributed by atoms with Crippen LogP contribution in [0.2, 0.25) is 5.02 Å². The molecule has 3 rings (SSSR count). The van der Waals surface area contributed by atoms with E-state index >= 15 is 0 Å². The minimum Gasteiger partial charge on any atom is -0.355 e. The van der Waals surface area contributed by atoms with E-state index in [4.69, 9.17) is 11.6 Å². The highest BCUT2D eigenvalue weighted by Crippen LogP contribution is 2.26. The van der Waals surface area contributed by atoms with Gasteiger partial charge in [0, 0.05) is 23.5 Å². The second-order valence-electron chi connectivity index (χ2n) is 4.85. The molecule has 1 fully saturated rings. The summed E-state index contributed by atoms with van der Waals surface area (Å²) in [5.74, 6) is 1.20. The van der Waals surface area contributed by atoms with Gasteiger partial charge in [0.25, 0.3) is 0 Å². The summed E-state index contributed by atoms with van der Waals surface area (Å²) in [5, 5.41) is 1.52. The van der Waals surface area contributed by atoms with Crippen molar-refractivity contribution in [1.82, 2.24) is 9.97 Å². The van der Waals surface area contributed by atoms with E-state index in [2.05, 4.69) is 9.97 Å². The number of rotatable bonds is 1. The van der Waals surface area contributed by atoms with E-state index in [9.17, 15) is 8.42 Å². The summed E-state index contributed by atoms with van der Waals surface area (Å²) in [6.45, 7) is 1.16. The van der Waals surface area contributed by atoms with Gasteiger partial charge in [-0.1, -0.05) is 11.6 Å². The van der Waals surface area contributed by atoms with Crippen molar-refractivity contribution in [3.8, 4) is 0 Å². The molecule has 1 aliphatic heterocycles. The van der Waals surface area contributed by atoms with Gasteiger partial charge < -0.3 is 4.90 Å². The lowest BCUT2D eigenvalue weighted by Crippen LogP contribution is -2.27. The fourth-order valence-corrected chi connectivity index (χ4v) is 3.86. The molecule has 0 N–H and O–H groups in total. The quantitative estimate of drug-likeness (QED) is 0.805. The number of anilines is 1. The van der Waals surface area contributed by atoms with Crippen molar-refractivity contribution < 1.29 is 8.42 Å². The first-order valence-electron chi connectivity index (χ1n) is 6.41. The number of benzene rings is 1. The zero-order chi connectivity index (χ0) is 14.2. The lowest BCUT2D eigenvalue weighted by atomic mass is 10.2. The fraction of sp³-hybridized carbons (Fsp3) is 0.385. The first-order valence-corrected chi connectivity index (χ1v) is 8.61. The van der Waals surface area contributed by atoms with Gasteiger partial charge in [0.15, 0.2) is 9.84 Å². The Bertz CT molecular complexity index is 748. The van der Waals surface area contributed by atoms with Gasteiger partial charge in [-0.25, -0.2) is 18.4 Å². The van der Waals surface area contributed by atoms with Crippen LogP contribution in [-0.4, -0.2) is 43.0 Å². The normalized spacial score (nSPS) is 18.9. The highest BCUT2D eigenvalue weighted by atomic mass is 35.5. The first-order chi connectivity index (χ1) is 9.55. The fourth-order valence-electron chi connectivity index (χ4n) is 2.42. The summed E-state index contributed by atoms with van der Waals surface area (Å²) in [7, 11) is -2.93. The van der Waals surface area contributed by atoms with Crippen molar-refractivity contribution in [3.05, 3.63) is 29.5 Å². The van der Waals surface area contributed by atoms with Crippen molar-refractivity contribution in [2.75, 3.05) is 29.5 Å². The van der Waals surface area contributed by atoms with E-state index in [1.54, 1.807) is 12.1 Å². The number of aromatic nitrogens is 2. The molecule has 1 saturated heterocycles. The van der Waals surface area contributed by atoms with Crippen LogP contribution >= 0.6 is 11.6 Å². The largest absolute Gasteiger partial charge is 0.355 e. The standard InChI is InChI=1S/C13H14ClN3O2S/c14-10-2-3-11-12(8-10)15-9-16-13(11)17-4-1-6-20(18,19)7-5-17/h2-3,8-9H,1,4-7H2. The van der Waals surface area contributed by atoms with Gasteiger partial charge >= 0.3 is 0 Å². The topological polar surface area (TPSA) is 63.2 Å². The van der Waals surface area contributed by atoms with Crippen LogP contribution in [0.15, 0.2) is 24.5 Å². The Morgan fingerprint density at radius 1 is 1.15 bits per heavy atom. The molecule has 2 aromatic rings. The van der Waals surface area contributed by atoms with Crippen LogP contribution in [-0.2, 0) is 9.84 Å². The molecule has 106 valence electrons. The minimum atomic E-state index is -2.93. The van der Waals surface area contributed by atoms with E-state index < -0.39 is 9.84 Å². The molecule has 0 amide bonds. The van der Waals surface area contributed by atoms with E-state index in [1.165, 1.54) is 6.33 Å². The highest BCUT2D eigenvalue weighted by molar-refractivity contribution is 7.91. The average molecular weight is 312 g/mol. The zero-order valence-corrected chi connectivity index (χ0v) is 12.4. The van der Waals surface area contributed by atoms with E-state index in [0.717, 1.165) is 16.7 Å². The van der Waals surface area contributed by atoms with Gasteiger partial charge in [0.05, 0.1) is 17.0 Å². The molecule has 0 saturated carbocycles. The van der Waals surface area contributed by atoms with Gasteiger partial charge in [-0.2, -0.15) is 0 Å². The van der Waals surface area contributed by atoms with Crippen LogP contribution < -0.4 is 4.90 Å². The van der Waals surface area contributed by atoms with E-state index in [0.29, 0.717) is 24.5 Å². The maximum absolute atomic E-state index is 11.7. The third kappa shape index (κ3) is 2.71. The second kappa shape index (κ2) is 5.18. The zero-order valence-electron chi connectivity index (χ0n) is 10.8. The van der Waals surface area contributed by atoms with Gasteiger partial charge in [0.1, 0.15) is 12.1 Å². The Labute approximate surface area is 122 Å². The molecule has 0 radical (unpaired) electrons. The predicted octanol–water partition coefficient (Wildman–Crippen LogP) is 1.91. The van der Waals surface area contributed by atoms with Crippen LogP contribution in [0.3, 0.4) is 0 Å². The molecule has 5 nitrogen and oxygen atoms in total. The van der Waals surface area contributed by atoms with Crippen LogP contribution in [0.5, 0.6) is 0 Å². The summed E-state index contributed by atoms with van der Waals surface area (Å²) in [5.41, 5.74) is 0.773. The Hall–Kier alpha value is -1.40. The van der Waals surface area contributed by atoms with Gasteiger partial charge in [-0.15, -0.1) is 0 Å². The summed E-state index contributed by atoms with van der Waals surface area (Å²) in [4.78, 5) is 10.6. The van der Waals surface area contributed by atoms with Crippen LogP contribution in [0.25, 0.3) is 10.9 Å². The molecule has 0 unspecified atom stereocenters. The maximum atomic E-state index is 11.7. The molecule has 1 aromatic carbocycles. The molecule has 20 heavy (non-hydrogen) atoms. The number of hydrogen-bond donors (Lipinski definition) is 0. The lowest BCUT2D eigenvalue weighted by molar-refractivity contribution is 0.597. The molecule has 1 aromatic heterocycles. The monoisotopic (exact) mass is 311 g/mol. The molecule has 0 atom stereocenters. The summed E-state index contributed by atoms with van der Waals surface area (Å²) < 4.78 is 23.4. The Morgan fingerprint density at radius 2 is 2.00 bits per heavy atom. The maximum Gasteiger partial charge on any atom is 0.152 e. The molecule has 1 aliphatic rings. The molecule has 0 bridgehead atoms. The van der Waals surface area contributed by atoms with Crippen LogP contribution in [0.1, 0.15) is 6.42 Å². The van der Waals surface area contributed by atoms with Gasteiger partial charge in [0.2, 0.25) is 0 Å². The van der Waals surface area contributed by atoms with Crippen molar-refractivity contribution >= 4 is 38.2 Å². The summed E-state index contributed by atoms with van der Waals surface area (Å²) >= 11 is 5.97. The molecular weight excluding hydrogens is 298 g/mol. The number of halogens is 1. The molecule has 0 spiro atoms. The second-order valence-corrected chi connectivity index (χ2v) is 7.59. The summed E-state index contributed by atoms with van der Waals surface area (Å²) in [6.07, 6.45) is 2.12. The van der Waals surface area contributed by atoms with E-state index in [-0.39, 0.29) is 11.5 Å². The SMILES string of the molecule is O=S1(=O)CCCN(c2ncnc3cc(Cl)ccc23)CC1. The third-order valence-electron chi connectivity index (χ3n) is 3.43. The Kier molecular flexibility index (Phi) is 3.52. The molecule has 2 heterocycles. The number of nitrogens with zero attached hydrogens (tertiary/aromatic N) is 3. The Balaban J connectivity index is 2.01. The van der Waals surface area contributed by atoms with Gasteiger partial charge in [-0.05, 0) is 24.6 Å². The highest BCUT2D eigenvalue weighted by Gasteiger charge is 2.21. The van der Waals surface area contributed by atoms with Crippen molar-refractivity contribution in [3.63, 3.8) is 0 Å². The van der Waals surface area contributed by atoms with Crippen LogP contribution in [0, 0.1) is 0 Å². The average Bonchev–Trinajstić information content (AvgIpc) is 2.59. The van der Waals surface area contributed by atoms with Crippen molar-refractivity contribution in [2.45, 2.75) is 6.42 Å². The predicted molar refractivity (Wildman–Crippen MR) is 80.0 cm³/mol. The molecule has 7 heteroatoms. The third-order valence-corrected chi connectivity index (χ3v) is 5.38. The molecular formula is C13H14ClN3O2S. The van der Waals surface area contributed by atoms with E-state index in [1.807, 2.05) is 11.0 Å². The number of hydrogen-bond acceptors (Lipinski definition) is 5. The number of fused-ring (bicyclic) bond motifs is 1. The Morgan fingerprint density at radius 3 is 2.85 bits per heavy atom. The van der Waals surface area contributed by atoms with Gasteiger partial charge in [-0.3, -0.25) is 0 Å². The minimum absolute atomic E-state index is 0.173. The lowest BCUT2D eigenvalue weighted by Gasteiger charge is -2.22. The molecule has 0 aliphatic carbocycles. The van der Waals surface area contributed by atoms with Crippen molar-refractivity contribution in [2.24, 2.45) is 0 Å². The number of sulfone groups is 1.